The molecule has 0 aliphatic carbocycles. The molecule has 0 unspecified atom stereocenters. The fourth-order valence-electron chi connectivity index (χ4n) is 2.26. The molecule has 3 aromatic rings. The van der Waals surface area contributed by atoms with Crippen LogP contribution in [0.5, 0.6) is 5.75 Å². The second kappa shape index (κ2) is 6.96. The molecule has 7 heteroatoms. The summed E-state index contributed by atoms with van der Waals surface area (Å²) < 4.78 is 5.18. The van der Waals surface area contributed by atoms with Crippen LogP contribution >= 0.6 is 0 Å². The summed E-state index contributed by atoms with van der Waals surface area (Å²) in [5.41, 5.74) is 3.20. The second-order valence-corrected chi connectivity index (χ2v) is 5.34. The van der Waals surface area contributed by atoms with Gasteiger partial charge in [-0.3, -0.25) is 4.98 Å². The molecule has 126 valence electrons. The molecule has 0 atom stereocenters. The zero-order valence-corrected chi connectivity index (χ0v) is 13.7. The number of aromatic nitrogens is 3. The molecule has 0 aliphatic rings. The molecule has 0 aliphatic heterocycles. The molecule has 0 amide bonds. The number of aromatic carboxylic acids is 1. The Kier molecular flexibility index (Phi) is 4.56. The molecule has 7 nitrogen and oxygen atoms in total. The zero-order valence-electron chi connectivity index (χ0n) is 13.7. The zero-order chi connectivity index (χ0) is 17.8. The maximum Gasteiger partial charge on any atom is 0.335 e. The van der Waals surface area contributed by atoms with Crippen LogP contribution in [-0.2, 0) is 0 Å². The van der Waals surface area contributed by atoms with E-state index in [0.717, 1.165) is 11.1 Å². The number of carboxylic acids is 1. The van der Waals surface area contributed by atoms with Crippen LogP contribution in [-0.4, -0.2) is 33.1 Å². The first-order valence-electron chi connectivity index (χ1n) is 7.50. The lowest BCUT2D eigenvalue weighted by Crippen LogP contribution is -2.02. The summed E-state index contributed by atoms with van der Waals surface area (Å²) >= 11 is 0. The van der Waals surface area contributed by atoms with E-state index in [1.807, 2.05) is 13.0 Å². The molecule has 0 saturated heterocycles. The maximum atomic E-state index is 11.1. The lowest BCUT2D eigenvalue weighted by molar-refractivity contribution is 0.0697. The molecule has 0 spiro atoms. The first-order chi connectivity index (χ1) is 12.1. The highest BCUT2D eigenvalue weighted by molar-refractivity contribution is 5.89. The first-order valence-corrected chi connectivity index (χ1v) is 7.50. The minimum absolute atomic E-state index is 0.196. The van der Waals surface area contributed by atoms with Gasteiger partial charge in [0.2, 0.25) is 5.95 Å². The van der Waals surface area contributed by atoms with Gasteiger partial charge < -0.3 is 15.2 Å². The summed E-state index contributed by atoms with van der Waals surface area (Å²) in [6.45, 7) is 1.88. The number of rotatable bonds is 5. The third kappa shape index (κ3) is 3.72. The first kappa shape index (κ1) is 16.4. The van der Waals surface area contributed by atoms with Crippen molar-refractivity contribution in [3.8, 4) is 17.0 Å². The summed E-state index contributed by atoms with van der Waals surface area (Å²) in [5.74, 6) is 0.0155. The number of carboxylic acid groups (broad SMARTS) is 1. The van der Waals surface area contributed by atoms with E-state index in [1.165, 1.54) is 0 Å². The van der Waals surface area contributed by atoms with Crippen LogP contribution < -0.4 is 10.1 Å². The van der Waals surface area contributed by atoms with E-state index in [-0.39, 0.29) is 5.56 Å². The minimum Gasteiger partial charge on any atom is -0.495 e. The van der Waals surface area contributed by atoms with E-state index in [9.17, 15) is 4.79 Å². The largest absolute Gasteiger partial charge is 0.495 e. The van der Waals surface area contributed by atoms with Crippen LogP contribution in [0.4, 0.5) is 11.6 Å². The highest BCUT2D eigenvalue weighted by Crippen LogP contribution is 2.24. The summed E-state index contributed by atoms with van der Waals surface area (Å²) in [6.07, 6.45) is 4.93. The number of benzene rings is 1. The van der Waals surface area contributed by atoms with Crippen molar-refractivity contribution in [2.24, 2.45) is 0 Å². The molecule has 0 fully saturated rings. The third-order valence-electron chi connectivity index (χ3n) is 3.63. The van der Waals surface area contributed by atoms with Crippen molar-refractivity contribution >= 4 is 17.6 Å². The molecule has 2 aromatic heterocycles. The van der Waals surface area contributed by atoms with Gasteiger partial charge in [0.05, 0.1) is 24.6 Å². The Bertz CT molecular complexity index is 928. The number of nitrogens with one attached hydrogen (secondary N) is 1. The van der Waals surface area contributed by atoms with Gasteiger partial charge in [-0.2, -0.15) is 0 Å². The van der Waals surface area contributed by atoms with Crippen LogP contribution in [0.3, 0.4) is 0 Å². The SMILES string of the molecule is COc1cncc(-c2ccnc(Nc3cc(C(=O)O)ccc3C)n2)c1. The Balaban J connectivity index is 1.92. The monoisotopic (exact) mass is 336 g/mol. The number of carbonyl (C=O) groups is 1. The van der Waals surface area contributed by atoms with E-state index in [4.69, 9.17) is 9.84 Å². The van der Waals surface area contributed by atoms with Crippen LogP contribution in [0.15, 0.2) is 48.9 Å². The van der Waals surface area contributed by atoms with E-state index >= 15 is 0 Å². The van der Waals surface area contributed by atoms with Crippen LogP contribution in [0.2, 0.25) is 0 Å². The van der Waals surface area contributed by atoms with Gasteiger partial charge in [0.25, 0.3) is 0 Å². The van der Waals surface area contributed by atoms with E-state index in [2.05, 4.69) is 20.3 Å². The smallest absolute Gasteiger partial charge is 0.335 e. The maximum absolute atomic E-state index is 11.1. The van der Waals surface area contributed by atoms with Gasteiger partial charge >= 0.3 is 5.97 Å². The van der Waals surface area contributed by atoms with Crippen molar-refractivity contribution in [3.05, 3.63) is 60.0 Å². The van der Waals surface area contributed by atoms with Gasteiger partial charge in [0, 0.05) is 23.6 Å². The Morgan fingerprint density at radius 1 is 1.20 bits per heavy atom. The molecule has 0 bridgehead atoms. The quantitative estimate of drug-likeness (QED) is 0.737. The lowest BCUT2D eigenvalue weighted by atomic mass is 10.1. The van der Waals surface area contributed by atoms with E-state index in [1.54, 1.807) is 50.0 Å². The van der Waals surface area contributed by atoms with Crippen LogP contribution in [0.1, 0.15) is 15.9 Å². The van der Waals surface area contributed by atoms with Crippen LogP contribution in [0.25, 0.3) is 11.3 Å². The predicted octanol–water partition coefficient (Wildman–Crippen LogP) is 3.30. The third-order valence-corrected chi connectivity index (χ3v) is 3.63. The Hall–Kier alpha value is -3.48. The standard InChI is InChI=1S/C18H16N4O3/c1-11-3-4-12(17(23)24)8-16(11)22-18-20-6-5-15(21-18)13-7-14(25-2)10-19-9-13/h3-10H,1-2H3,(H,23,24)(H,20,21,22). The number of hydrogen-bond donors (Lipinski definition) is 2. The van der Waals surface area contributed by atoms with Crippen molar-refractivity contribution in [3.63, 3.8) is 0 Å². The van der Waals surface area contributed by atoms with Crippen molar-refractivity contribution in [1.82, 2.24) is 15.0 Å². The second-order valence-electron chi connectivity index (χ2n) is 5.34. The van der Waals surface area contributed by atoms with Gasteiger partial charge in [0.15, 0.2) is 0 Å². The van der Waals surface area contributed by atoms with Crippen molar-refractivity contribution in [2.75, 3.05) is 12.4 Å². The molecule has 2 N–H and O–H groups in total. The lowest BCUT2D eigenvalue weighted by Gasteiger charge is -2.10. The average Bonchev–Trinajstić information content (AvgIpc) is 2.63. The highest BCUT2D eigenvalue weighted by atomic mass is 16.5. The Labute approximate surface area is 144 Å². The average molecular weight is 336 g/mol. The number of ether oxygens (including phenoxy) is 1. The fraction of sp³-hybridized carbons (Fsp3) is 0.111. The molecule has 25 heavy (non-hydrogen) atoms. The summed E-state index contributed by atoms with van der Waals surface area (Å²) in [4.78, 5) is 23.9. The molecular weight excluding hydrogens is 320 g/mol. The normalized spacial score (nSPS) is 10.3. The Morgan fingerprint density at radius 3 is 2.80 bits per heavy atom. The van der Waals surface area contributed by atoms with Gasteiger partial charge in [0.1, 0.15) is 5.75 Å². The molecule has 0 saturated carbocycles. The number of aryl methyl sites for hydroxylation is 1. The molecule has 0 radical (unpaired) electrons. The number of methoxy groups -OCH3 is 1. The molecular formula is C18H16N4O3. The topological polar surface area (TPSA) is 97.2 Å². The summed E-state index contributed by atoms with van der Waals surface area (Å²) in [7, 11) is 1.58. The number of hydrogen-bond acceptors (Lipinski definition) is 6. The molecule has 3 rings (SSSR count). The minimum atomic E-state index is -0.986. The molecule has 1 aromatic carbocycles. The van der Waals surface area contributed by atoms with Gasteiger partial charge in [-0.15, -0.1) is 0 Å². The van der Waals surface area contributed by atoms with Gasteiger partial charge in [-0.05, 0) is 36.8 Å². The number of pyridine rings is 1. The fourth-order valence-corrected chi connectivity index (χ4v) is 2.26. The van der Waals surface area contributed by atoms with E-state index in [0.29, 0.717) is 23.1 Å². The van der Waals surface area contributed by atoms with Gasteiger partial charge in [-0.25, -0.2) is 14.8 Å². The summed E-state index contributed by atoms with van der Waals surface area (Å²) in [5, 5.41) is 12.2. The summed E-state index contributed by atoms with van der Waals surface area (Å²) in [6, 6.07) is 8.45. The van der Waals surface area contributed by atoms with Crippen LogP contribution in [0, 0.1) is 6.92 Å². The highest BCUT2D eigenvalue weighted by Gasteiger charge is 2.09. The van der Waals surface area contributed by atoms with Crippen molar-refractivity contribution < 1.29 is 14.6 Å². The van der Waals surface area contributed by atoms with E-state index < -0.39 is 5.97 Å². The molecule has 2 heterocycles. The number of nitrogens with zero attached hydrogens (tertiary/aromatic N) is 3. The predicted molar refractivity (Wildman–Crippen MR) is 93.2 cm³/mol. The Morgan fingerprint density at radius 2 is 2.04 bits per heavy atom. The van der Waals surface area contributed by atoms with Crippen molar-refractivity contribution in [1.29, 1.82) is 0 Å². The van der Waals surface area contributed by atoms with Crippen molar-refractivity contribution in [2.45, 2.75) is 6.92 Å². The number of anilines is 2. The van der Waals surface area contributed by atoms with Gasteiger partial charge in [-0.1, -0.05) is 6.07 Å².